The summed E-state index contributed by atoms with van der Waals surface area (Å²) >= 11 is 5.85. The van der Waals surface area contributed by atoms with Gasteiger partial charge in [0.2, 0.25) is 0 Å². The van der Waals surface area contributed by atoms with Crippen LogP contribution in [0.4, 0.5) is 5.82 Å². The van der Waals surface area contributed by atoms with Gasteiger partial charge in [-0.1, -0.05) is 11.6 Å². The number of anilines is 1. The Morgan fingerprint density at radius 3 is 3.17 bits per heavy atom. The van der Waals surface area contributed by atoms with Gasteiger partial charge in [-0.15, -0.1) is 0 Å². The lowest BCUT2D eigenvalue weighted by Crippen LogP contribution is -2.20. The van der Waals surface area contributed by atoms with Crippen LogP contribution >= 0.6 is 11.6 Å². The molecule has 0 amide bonds. The molecule has 0 radical (unpaired) electrons. The molecule has 0 aliphatic rings. The van der Waals surface area contributed by atoms with Crippen LogP contribution in [0.2, 0.25) is 5.02 Å². The van der Waals surface area contributed by atoms with Gasteiger partial charge in [0.15, 0.2) is 5.82 Å². The van der Waals surface area contributed by atoms with E-state index in [2.05, 4.69) is 15.3 Å². The Morgan fingerprint density at radius 1 is 1.61 bits per heavy atom. The Morgan fingerprint density at radius 2 is 2.44 bits per heavy atom. The largest absolute Gasteiger partial charge is 0.469 e. The van der Waals surface area contributed by atoms with Gasteiger partial charge in [-0.05, 0) is 25.5 Å². The van der Waals surface area contributed by atoms with Crippen LogP contribution in [0.25, 0.3) is 0 Å². The first-order valence-corrected chi connectivity index (χ1v) is 6.06. The number of nitrogens with one attached hydrogen (secondary N) is 2. The lowest BCUT2D eigenvalue weighted by molar-refractivity contribution is 0.495. The molecule has 0 bridgehead atoms. The number of hydrogen-bond donors (Lipinski definition) is 2. The minimum Gasteiger partial charge on any atom is -0.469 e. The summed E-state index contributed by atoms with van der Waals surface area (Å²) < 4.78 is 5.25. The second kappa shape index (κ2) is 5.73. The molecule has 0 spiro atoms. The molecule has 2 rings (SSSR count). The monoisotopic (exact) mass is 267 g/mol. The number of aryl methyl sites for hydroxylation is 1. The van der Waals surface area contributed by atoms with E-state index in [4.69, 9.17) is 16.0 Å². The number of nitrogens with zero attached hydrogens (tertiary/aromatic N) is 1. The first-order chi connectivity index (χ1) is 8.66. The second-order valence-corrected chi connectivity index (χ2v) is 4.44. The summed E-state index contributed by atoms with van der Waals surface area (Å²) in [5, 5.41) is 3.19. The van der Waals surface area contributed by atoms with Gasteiger partial charge in [0.05, 0.1) is 12.6 Å². The third kappa shape index (κ3) is 3.13. The highest BCUT2D eigenvalue weighted by Crippen LogP contribution is 2.15. The topological polar surface area (TPSA) is 70.9 Å². The van der Waals surface area contributed by atoms with Crippen molar-refractivity contribution < 1.29 is 4.42 Å². The van der Waals surface area contributed by atoms with Crippen molar-refractivity contribution in [2.24, 2.45) is 0 Å². The minimum absolute atomic E-state index is 0.0855. The molecule has 2 N–H and O–H groups in total. The van der Waals surface area contributed by atoms with E-state index in [-0.39, 0.29) is 16.6 Å². The Balaban J connectivity index is 1.93. The number of halogens is 1. The third-order valence-electron chi connectivity index (χ3n) is 2.58. The van der Waals surface area contributed by atoms with Crippen LogP contribution in [0.15, 0.2) is 33.9 Å². The molecule has 1 unspecified atom stereocenters. The van der Waals surface area contributed by atoms with Crippen molar-refractivity contribution in [3.63, 3.8) is 0 Å². The predicted octanol–water partition coefficient (Wildman–Crippen LogP) is 2.45. The summed E-state index contributed by atoms with van der Waals surface area (Å²) in [7, 11) is 0. The van der Waals surface area contributed by atoms with Crippen molar-refractivity contribution in [1.29, 1.82) is 0 Å². The Kier molecular flexibility index (Phi) is 4.04. The average molecular weight is 268 g/mol. The van der Waals surface area contributed by atoms with Gasteiger partial charge in [-0.3, -0.25) is 4.79 Å². The quantitative estimate of drug-likeness (QED) is 0.873. The molecule has 2 aromatic heterocycles. The predicted molar refractivity (Wildman–Crippen MR) is 70.0 cm³/mol. The fourth-order valence-electron chi connectivity index (χ4n) is 1.60. The van der Waals surface area contributed by atoms with Gasteiger partial charge in [0.1, 0.15) is 10.8 Å². The highest BCUT2D eigenvalue weighted by atomic mass is 35.5. The van der Waals surface area contributed by atoms with Crippen molar-refractivity contribution in [3.05, 3.63) is 45.9 Å². The standard InChI is InChI=1S/C12H14ClN3O2/c1-8(4-5-9-3-2-6-18-9)16-11-10(13)12(17)15-7-14-11/h2-3,6-8H,4-5H2,1H3,(H2,14,15,16,17). The van der Waals surface area contributed by atoms with Crippen LogP contribution in [0, 0.1) is 0 Å². The zero-order valence-electron chi connectivity index (χ0n) is 9.94. The van der Waals surface area contributed by atoms with Gasteiger partial charge in [0, 0.05) is 12.5 Å². The van der Waals surface area contributed by atoms with Crippen molar-refractivity contribution in [3.8, 4) is 0 Å². The number of H-pyrrole nitrogens is 1. The van der Waals surface area contributed by atoms with Crippen molar-refractivity contribution >= 4 is 17.4 Å². The van der Waals surface area contributed by atoms with E-state index in [9.17, 15) is 4.79 Å². The fourth-order valence-corrected chi connectivity index (χ4v) is 1.76. The summed E-state index contributed by atoms with van der Waals surface area (Å²) in [4.78, 5) is 17.7. The second-order valence-electron chi connectivity index (χ2n) is 4.06. The number of aromatic amines is 1. The van der Waals surface area contributed by atoms with Gasteiger partial charge in [-0.2, -0.15) is 0 Å². The summed E-state index contributed by atoms with van der Waals surface area (Å²) in [6.07, 6.45) is 4.67. The molecule has 0 aliphatic heterocycles. The molecule has 0 aromatic carbocycles. The van der Waals surface area contributed by atoms with Crippen LogP contribution in [-0.2, 0) is 6.42 Å². The smallest absolute Gasteiger partial charge is 0.271 e. The Hall–Kier alpha value is -1.75. The van der Waals surface area contributed by atoms with Crippen LogP contribution in [0.5, 0.6) is 0 Å². The van der Waals surface area contributed by atoms with E-state index in [1.54, 1.807) is 6.26 Å². The lowest BCUT2D eigenvalue weighted by Gasteiger charge is -2.14. The average Bonchev–Trinajstić information content (AvgIpc) is 2.86. The molecule has 0 fully saturated rings. The van der Waals surface area contributed by atoms with Crippen molar-refractivity contribution in [2.45, 2.75) is 25.8 Å². The molecular weight excluding hydrogens is 254 g/mol. The van der Waals surface area contributed by atoms with E-state index < -0.39 is 0 Å². The highest BCUT2D eigenvalue weighted by Gasteiger charge is 2.09. The number of aromatic nitrogens is 2. The van der Waals surface area contributed by atoms with Crippen LogP contribution < -0.4 is 10.9 Å². The Labute approximate surface area is 109 Å². The molecule has 0 saturated heterocycles. The molecule has 2 heterocycles. The summed E-state index contributed by atoms with van der Waals surface area (Å²) in [6, 6.07) is 3.94. The van der Waals surface area contributed by atoms with E-state index in [0.29, 0.717) is 5.82 Å². The van der Waals surface area contributed by atoms with Crippen LogP contribution in [-0.4, -0.2) is 16.0 Å². The molecule has 6 heteroatoms. The van der Waals surface area contributed by atoms with E-state index in [0.717, 1.165) is 18.6 Å². The van der Waals surface area contributed by atoms with Crippen LogP contribution in [0.3, 0.4) is 0 Å². The summed E-state index contributed by atoms with van der Waals surface area (Å²) in [5.74, 6) is 1.35. The molecule has 18 heavy (non-hydrogen) atoms. The zero-order valence-corrected chi connectivity index (χ0v) is 10.7. The van der Waals surface area contributed by atoms with Crippen molar-refractivity contribution in [1.82, 2.24) is 9.97 Å². The lowest BCUT2D eigenvalue weighted by atomic mass is 10.1. The molecule has 2 aromatic rings. The maximum absolute atomic E-state index is 11.3. The molecule has 0 saturated carbocycles. The normalized spacial score (nSPS) is 12.3. The molecule has 96 valence electrons. The first kappa shape index (κ1) is 12.7. The molecule has 5 nitrogen and oxygen atoms in total. The third-order valence-corrected chi connectivity index (χ3v) is 2.93. The number of rotatable bonds is 5. The van der Waals surface area contributed by atoms with Crippen LogP contribution in [0.1, 0.15) is 19.1 Å². The maximum atomic E-state index is 11.3. The number of furan rings is 1. The first-order valence-electron chi connectivity index (χ1n) is 5.69. The highest BCUT2D eigenvalue weighted by molar-refractivity contribution is 6.32. The molecule has 0 aliphatic carbocycles. The van der Waals surface area contributed by atoms with E-state index in [1.165, 1.54) is 6.33 Å². The van der Waals surface area contributed by atoms with Gasteiger partial charge < -0.3 is 14.7 Å². The SMILES string of the molecule is CC(CCc1ccco1)Nc1nc[nH]c(=O)c1Cl. The maximum Gasteiger partial charge on any atom is 0.271 e. The number of hydrogen-bond acceptors (Lipinski definition) is 4. The zero-order chi connectivity index (χ0) is 13.0. The van der Waals surface area contributed by atoms with Crippen molar-refractivity contribution in [2.75, 3.05) is 5.32 Å². The van der Waals surface area contributed by atoms with E-state index >= 15 is 0 Å². The van der Waals surface area contributed by atoms with E-state index in [1.807, 2.05) is 19.1 Å². The molecular formula is C12H14ClN3O2. The van der Waals surface area contributed by atoms with Gasteiger partial charge in [0.25, 0.3) is 5.56 Å². The molecule has 1 atom stereocenters. The van der Waals surface area contributed by atoms with Gasteiger partial charge >= 0.3 is 0 Å². The fraction of sp³-hybridized carbons (Fsp3) is 0.333. The minimum atomic E-state index is -0.340. The summed E-state index contributed by atoms with van der Waals surface area (Å²) in [5.41, 5.74) is -0.340. The summed E-state index contributed by atoms with van der Waals surface area (Å²) in [6.45, 7) is 2.00. The Bertz CT molecular complexity index is 551. The van der Waals surface area contributed by atoms with Gasteiger partial charge in [-0.25, -0.2) is 4.98 Å².